The standard InChI is InChI=1S/C17H27N7/c1-21(13-16-19-20-17(22(16)2)14-4-5-14)15-6-9-23(12-15)10-11-24-8-3-7-18-24/h3,7-8,14-15H,4-6,9-13H2,1-2H3. The second-order valence-electron chi connectivity index (χ2n) is 7.24. The molecule has 0 spiro atoms. The van der Waals surface area contributed by atoms with Crippen molar-refractivity contribution in [3.05, 3.63) is 30.1 Å². The molecule has 1 unspecified atom stereocenters. The van der Waals surface area contributed by atoms with Crippen LogP contribution in [0.3, 0.4) is 0 Å². The number of rotatable bonds is 7. The molecule has 7 nitrogen and oxygen atoms in total. The Hall–Kier alpha value is -1.73. The fourth-order valence-electron chi connectivity index (χ4n) is 3.61. The smallest absolute Gasteiger partial charge is 0.146 e. The minimum absolute atomic E-state index is 0.601. The first-order valence-electron chi connectivity index (χ1n) is 8.99. The van der Waals surface area contributed by atoms with E-state index >= 15 is 0 Å². The summed E-state index contributed by atoms with van der Waals surface area (Å²) in [5, 5.41) is 13.1. The first-order valence-corrected chi connectivity index (χ1v) is 8.99. The van der Waals surface area contributed by atoms with Crippen LogP contribution in [0.25, 0.3) is 0 Å². The Bertz CT molecular complexity index is 659. The van der Waals surface area contributed by atoms with Crippen molar-refractivity contribution in [3.63, 3.8) is 0 Å². The topological polar surface area (TPSA) is 55.0 Å². The molecule has 1 saturated heterocycles. The molecule has 7 heteroatoms. The van der Waals surface area contributed by atoms with Gasteiger partial charge >= 0.3 is 0 Å². The molecule has 2 aromatic heterocycles. The van der Waals surface area contributed by atoms with E-state index in [-0.39, 0.29) is 0 Å². The Labute approximate surface area is 143 Å². The largest absolute Gasteiger partial charge is 0.317 e. The van der Waals surface area contributed by atoms with Gasteiger partial charge in [-0.15, -0.1) is 10.2 Å². The molecule has 1 aliphatic carbocycles. The predicted molar refractivity (Wildman–Crippen MR) is 91.5 cm³/mol. The van der Waals surface area contributed by atoms with Crippen molar-refractivity contribution < 1.29 is 0 Å². The average Bonchev–Trinajstić information content (AvgIpc) is 3.00. The highest BCUT2D eigenvalue weighted by Crippen LogP contribution is 2.38. The minimum Gasteiger partial charge on any atom is -0.317 e. The molecule has 4 rings (SSSR count). The summed E-state index contributed by atoms with van der Waals surface area (Å²) in [6.45, 7) is 5.22. The summed E-state index contributed by atoms with van der Waals surface area (Å²) < 4.78 is 4.22. The molecular weight excluding hydrogens is 302 g/mol. The van der Waals surface area contributed by atoms with Crippen molar-refractivity contribution in [2.75, 3.05) is 26.7 Å². The second-order valence-corrected chi connectivity index (χ2v) is 7.24. The normalized spacial score (nSPS) is 21.9. The third-order valence-electron chi connectivity index (χ3n) is 5.41. The summed E-state index contributed by atoms with van der Waals surface area (Å²) >= 11 is 0. The van der Waals surface area contributed by atoms with Crippen LogP contribution in [-0.4, -0.2) is 67.1 Å². The Morgan fingerprint density at radius 2 is 2.08 bits per heavy atom. The highest BCUT2D eigenvalue weighted by atomic mass is 15.3. The molecule has 1 saturated carbocycles. The molecule has 0 aromatic carbocycles. The SMILES string of the molecule is CN(Cc1nnc(C2CC2)n1C)C1CCN(CCn2cccn2)C1. The molecule has 2 aliphatic rings. The lowest BCUT2D eigenvalue weighted by Gasteiger charge is -2.24. The summed E-state index contributed by atoms with van der Waals surface area (Å²) in [4.78, 5) is 4.98. The van der Waals surface area contributed by atoms with Gasteiger partial charge in [0.1, 0.15) is 11.6 Å². The number of hydrogen-bond donors (Lipinski definition) is 0. The Kier molecular flexibility index (Phi) is 4.37. The van der Waals surface area contributed by atoms with Crippen LogP contribution in [0.1, 0.15) is 36.8 Å². The molecule has 0 N–H and O–H groups in total. The van der Waals surface area contributed by atoms with Crippen molar-refractivity contribution in [1.29, 1.82) is 0 Å². The Morgan fingerprint density at radius 3 is 2.83 bits per heavy atom. The molecule has 2 aromatic rings. The predicted octanol–water partition coefficient (Wildman–Crippen LogP) is 1.10. The lowest BCUT2D eigenvalue weighted by Crippen LogP contribution is -2.35. The van der Waals surface area contributed by atoms with Crippen LogP contribution in [0.2, 0.25) is 0 Å². The average molecular weight is 329 g/mol. The molecule has 1 atom stereocenters. The first-order chi connectivity index (χ1) is 11.7. The molecule has 0 bridgehead atoms. The highest BCUT2D eigenvalue weighted by molar-refractivity contribution is 5.07. The molecule has 0 radical (unpaired) electrons. The molecule has 0 amide bonds. The summed E-state index contributed by atoms with van der Waals surface area (Å²) in [6, 6.07) is 2.58. The van der Waals surface area contributed by atoms with Crippen molar-refractivity contribution in [2.24, 2.45) is 7.05 Å². The first kappa shape index (κ1) is 15.8. The van der Waals surface area contributed by atoms with Crippen molar-refractivity contribution in [1.82, 2.24) is 34.3 Å². The maximum atomic E-state index is 4.42. The van der Waals surface area contributed by atoms with Crippen LogP contribution >= 0.6 is 0 Å². The van der Waals surface area contributed by atoms with E-state index in [0.29, 0.717) is 12.0 Å². The monoisotopic (exact) mass is 329 g/mol. The Balaban J connectivity index is 1.28. The van der Waals surface area contributed by atoms with Crippen molar-refractivity contribution in [2.45, 2.75) is 44.3 Å². The van der Waals surface area contributed by atoms with E-state index in [1.165, 1.54) is 31.6 Å². The van der Waals surface area contributed by atoms with Crippen molar-refractivity contribution in [3.8, 4) is 0 Å². The van der Waals surface area contributed by atoms with Gasteiger partial charge in [0.05, 0.1) is 13.1 Å². The highest BCUT2D eigenvalue weighted by Gasteiger charge is 2.30. The third-order valence-corrected chi connectivity index (χ3v) is 5.41. The maximum Gasteiger partial charge on any atom is 0.146 e. The summed E-state index contributed by atoms with van der Waals surface area (Å²) in [6.07, 6.45) is 7.65. The van der Waals surface area contributed by atoms with Gasteiger partial charge in [0.2, 0.25) is 0 Å². The van der Waals surface area contributed by atoms with Gasteiger partial charge in [-0.3, -0.25) is 14.5 Å². The second kappa shape index (κ2) is 6.64. The number of nitrogens with zero attached hydrogens (tertiary/aromatic N) is 7. The lowest BCUT2D eigenvalue weighted by molar-refractivity contribution is 0.215. The Morgan fingerprint density at radius 1 is 1.21 bits per heavy atom. The number of likely N-dealkylation sites (tertiary alicyclic amines) is 1. The van der Waals surface area contributed by atoms with Gasteiger partial charge in [0.25, 0.3) is 0 Å². The number of hydrogen-bond acceptors (Lipinski definition) is 5. The van der Waals surface area contributed by atoms with Gasteiger partial charge in [0.15, 0.2) is 0 Å². The summed E-state index contributed by atoms with van der Waals surface area (Å²) in [5.41, 5.74) is 0. The summed E-state index contributed by atoms with van der Waals surface area (Å²) in [7, 11) is 4.33. The zero-order valence-corrected chi connectivity index (χ0v) is 14.7. The van der Waals surface area contributed by atoms with E-state index in [4.69, 9.17) is 0 Å². The van der Waals surface area contributed by atoms with Gasteiger partial charge in [-0.05, 0) is 38.9 Å². The van der Waals surface area contributed by atoms with Crippen LogP contribution in [0.4, 0.5) is 0 Å². The molecule has 2 fully saturated rings. The summed E-state index contributed by atoms with van der Waals surface area (Å²) in [5.74, 6) is 2.92. The van der Waals surface area contributed by atoms with E-state index in [1.807, 2.05) is 23.1 Å². The van der Waals surface area contributed by atoms with Gasteiger partial charge < -0.3 is 4.57 Å². The van der Waals surface area contributed by atoms with E-state index in [1.54, 1.807) is 0 Å². The van der Waals surface area contributed by atoms with Crippen LogP contribution in [0.5, 0.6) is 0 Å². The van der Waals surface area contributed by atoms with Crippen LogP contribution in [0, 0.1) is 0 Å². The number of likely N-dealkylation sites (N-methyl/N-ethyl adjacent to an activating group) is 1. The van der Waals surface area contributed by atoms with Gasteiger partial charge in [-0.1, -0.05) is 0 Å². The van der Waals surface area contributed by atoms with Crippen LogP contribution < -0.4 is 0 Å². The van der Waals surface area contributed by atoms with Crippen molar-refractivity contribution >= 4 is 0 Å². The molecule has 130 valence electrons. The molecule has 1 aliphatic heterocycles. The quantitative estimate of drug-likeness (QED) is 0.761. The zero-order chi connectivity index (χ0) is 16.5. The van der Waals surface area contributed by atoms with E-state index < -0.39 is 0 Å². The zero-order valence-electron chi connectivity index (χ0n) is 14.7. The van der Waals surface area contributed by atoms with Crippen LogP contribution in [-0.2, 0) is 20.1 Å². The fraction of sp³-hybridized carbons (Fsp3) is 0.706. The fourth-order valence-corrected chi connectivity index (χ4v) is 3.61. The van der Waals surface area contributed by atoms with Gasteiger partial charge in [-0.2, -0.15) is 5.10 Å². The number of aromatic nitrogens is 5. The third kappa shape index (κ3) is 3.37. The van der Waals surface area contributed by atoms with E-state index in [2.05, 4.69) is 43.8 Å². The van der Waals surface area contributed by atoms with Crippen LogP contribution in [0.15, 0.2) is 18.5 Å². The lowest BCUT2D eigenvalue weighted by atomic mass is 10.2. The van der Waals surface area contributed by atoms with Gasteiger partial charge in [0, 0.05) is 44.5 Å². The molecule has 3 heterocycles. The van der Waals surface area contributed by atoms with E-state index in [9.17, 15) is 0 Å². The molecule has 24 heavy (non-hydrogen) atoms. The molecular formula is C17H27N7. The van der Waals surface area contributed by atoms with E-state index in [0.717, 1.165) is 32.0 Å². The maximum absolute atomic E-state index is 4.42. The minimum atomic E-state index is 0.601. The van der Waals surface area contributed by atoms with Gasteiger partial charge in [-0.25, -0.2) is 0 Å².